The lowest BCUT2D eigenvalue weighted by Gasteiger charge is -2.23. The number of urea groups is 1. The van der Waals surface area contributed by atoms with E-state index in [1.807, 2.05) is 0 Å². The molecule has 19 heavy (non-hydrogen) atoms. The van der Waals surface area contributed by atoms with Gasteiger partial charge in [-0.15, -0.1) is 0 Å². The molecule has 2 fully saturated rings. The van der Waals surface area contributed by atoms with Crippen molar-refractivity contribution in [2.45, 2.75) is 50.7 Å². The lowest BCUT2D eigenvalue weighted by Crippen LogP contribution is -2.43. The van der Waals surface area contributed by atoms with E-state index in [2.05, 4.69) is 10.6 Å². The van der Waals surface area contributed by atoms with Crippen LogP contribution in [0.3, 0.4) is 0 Å². The van der Waals surface area contributed by atoms with Crippen molar-refractivity contribution in [1.82, 2.24) is 15.5 Å². The van der Waals surface area contributed by atoms with Gasteiger partial charge in [0.05, 0.1) is 6.54 Å². The molecule has 6 nitrogen and oxygen atoms in total. The van der Waals surface area contributed by atoms with Crippen LogP contribution in [0.2, 0.25) is 0 Å². The van der Waals surface area contributed by atoms with Crippen LogP contribution in [-0.2, 0) is 4.74 Å². The number of nitrogens with zero attached hydrogens (tertiary/aromatic N) is 1. The molecule has 0 aromatic carbocycles. The van der Waals surface area contributed by atoms with Crippen molar-refractivity contribution in [3.05, 3.63) is 0 Å². The maximum absolute atomic E-state index is 11.7. The van der Waals surface area contributed by atoms with Crippen LogP contribution < -0.4 is 10.6 Å². The zero-order valence-electron chi connectivity index (χ0n) is 11.5. The molecule has 6 heteroatoms. The Morgan fingerprint density at radius 1 is 1.37 bits per heavy atom. The minimum atomic E-state index is -0.281. The number of amides is 3. The van der Waals surface area contributed by atoms with Gasteiger partial charge in [0.2, 0.25) is 0 Å². The quantitative estimate of drug-likeness (QED) is 0.811. The first-order valence-electron chi connectivity index (χ1n) is 7.11. The zero-order chi connectivity index (χ0) is 13.7. The highest BCUT2D eigenvalue weighted by atomic mass is 16.6. The number of cyclic esters (lactones) is 1. The van der Waals surface area contributed by atoms with Crippen LogP contribution in [0, 0.1) is 0 Å². The normalized spacial score (nSPS) is 24.2. The molecule has 3 amide bonds. The molecular weight excluding hydrogens is 246 g/mol. The second-order valence-corrected chi connectivity index (χ2v) is 5.41. The smallest absolute Gasteiger partial charge is 0.409 e. The highest BCUT2D eigenvalue weighted by molar-refractivity contribution is 5.74. The SMILES string of the molecule is CN1CC(CCNC(=O)NC2CCCCC2)OC1=O. The molecule has 108 valence electrons. The van der Waals surface area contributed by atoms with E-state index in [1.54, 1.807) is 11.9 Å². The Bertz CT molecular complexity index is 329. The molecule has 0 radical (unpaired) electrons. The fourth-order valence-electron chi connectivity index (χ4n) is 2.63. The van der Waals surface area contributed by atoms with E-state index in [9.17, 15) is 9.59 Å². The molecule has 0 aromatic rings. The molecule has 1 aliphatic heterocycles. The van der Waals surface area contributed by atoms with Gasteiger partial charge >= 0.3 is 12.1 Å². The molecule has 2 rings (SSSR count). The fraction of sp³-hybridized carbons (Fsp3) is 0.846. The first kappa shape index (κ1) is 14.0. The van der Waals surface area contributed by atoms with E-state index in [0.29, 0.717) is 25.6 Å². The Kier molecular flexibility index (Phi) is 4.87. The van der Waals surface area contributed by atoms with Gasteiger partial charge in [0.1, 0.15) is 6.10 Å². The number of rotatable bonds is 4. The van der Waals surface area contributed by atoms with E-state index in [1.165, 1.54) is 19.3 Å². The minimum Gasteiger partial charge on any atom is -0.444 e. The monoisotopic (exact) mass is 269 g/mol. The lowest BCUT2D eigenvalue weighted by atomic mass is 9.96. The molecule has 1 saturated heterocycles. The molecule has 0 aromatic heterocycles. The Hall–Kier alpha value is -1.46. The third kappa shape index (κ3) is 4.29. The third-order valence-electron chi connectivity index (χ3n) is 3.75. The van der Waals surface area contributed by atoms with Gasteiger partial charge in [-0.05, 0) is 12.8 Å². The van der Waals surface area contributed by atoms with E-state index in [0.717, 1.165) is 12.8 Å². The van der Waals surface area contributed by atoms with Crippen LogP contribution in [0.25, 0.3) is 0 Å². The van der Waals surface area contributed by atoms with Crippen molar-refractivity contribution in [1.29, 1.82) is 0 Å². The van der Waals surface area contributed by atoms with E-state index in [4.69, 9.17) is 4.74 Å². The molecule has 1 heterocycles. The molecule has 0 spiro atoms. The van der Waals surface area contributed by atoms with Gasteiger partial charge in [-0.25, -0.2) is 9.59 Å². The van der Waals surface area contributed by atoms with Gasteiger partial charge in [0.25, 0.3) is 0 Å². The molecule has 1 atom stereocenters. The average Bonchev–Trinajstić information content (AvgIpc) is 2.70. The second kappa shape index (κ2) is 6.63. The summed E-state index contributed by atoms with van der Waals surface area (Å²) in [5.74, 6) is 0. The standard InChI is InChI=1S/C13H23N3O3/c1-16-9-11(19-13(16)18)7-8-14-12(17)15-10-5-3-2-4-6-10/h10-11H,2-9H2,1H3,(H2,14,15,17). The summed E-state index contributed by atoms with van der Waals surface area (Å²) >= 11 is 0. The Balaban J connectivity index is 1.57. The van der Waals surface area contributed by atoms with Crippen LogP contribution in [0.1, 0.15) is 38.5 Å². The molecule has 1 unspecified atom stereocenters. The number of nitrogens with one attached hydrogen (secondary N) is 2. The molecule has 1 aliphatic carbocycles. The first-order chi connectivity index (χ1) is 9.15. The average molecular weight is 269 g/mol. The van der Waals surface area contributed by atoms with Crippen LogP contribution in [0.15, 0.2) is 0 Å². The van der Waals surface area contributed by atoms with Crippen molar-refractivity contribution in [3.8, 4) is 0 Å². The summed E-state index contributed by atoms with van der Waals surface area (Å²) in [4.78, 5) is 24.4. The van der Waals surface area contributed by atoms with Crippen LogP contribution in [0.4, 0.5) is 9.59 Å². The highest BCUT2D eigenvalue weighted by Gasteiger charge is 2.27. The van der Waals surface area contributed by atoms with E-state index in [-0.39, 0.29) is 18.2 Å². The summed E-state index contributed by atoms with van der Waals surface area (Å²) in [6.07, 6.45) is 6.12. The number of likely N-dealkylation sites (N-methyl/N-ethyl adjacent to an activating group) is 1. The first-order valence-corrected chi connectivity index (χ1v) is 7.11. The van der Waals surface area contributed by atoms with Gasteiger partial charge in [-0.3, -0.25) is 0 Å². The number of hydrogen-bond donors (Lipinski definition) is 2. The van der Waals surface area contributed by atoms with Gasteiger partial charge in [-0.1, -0.05) is 19.3 Å². The van der Waals surface area contributed by atoms with Gasteiger partial charge in [-0.2, -0.15) is 0 Å². The van der Waals surface area contributed by atoms with Crippen LogP contribution in [0.5, 0.6) is 0 Å². The largest absolute Gasteiger partial charge is 0.444 e. The molecule has 2 aliphatic rings. The summed E-state index contributed by atoms with van der Waals surface area (Å²) in [6, 6.07) is 0.216. The number of ether oxygens (including phenoxy) is 1. The van der Waals surface area contributed by atoms with Crippen molar-refractivity contribution in [3.63, 3.8) is 0 Å². The minimum absolute atomic E-state index is 0.104. The fourth-order valence-corrected chi connectivity index (χ4v) is 2.63. The van der Waals surface area contributed by atoms with Crippen molar-refractivity contribution in [2.75, 3.05) is 20.1 Å². The van der Waals surface area contributed by atoms with E-state index < -0.39 is 0 Å². The lowest BCUT2D eigenvalue weighted by molar-refractivity contribution is 0.130. The predicted octanol–water partition coefficient (Wildman–Crippen LogP) is 1.46. The summed E-state index contributed by atoms with van der Waals surface area (Å²) in [5.41, 5.74) is 0. The highest BCUT2D eigenvalue weighted by Crippen LogP contribution is 2.17. The summed E-state index contributed by atoms with van der Waals surface area (Å²) in [5, 5.41) is 5.82. The van der Waals surface area contributed by atoms with Gasteiger partial charge < -0.3 is 20.3 Å². The van der Waals surface area contributed by atoms with Crippen LogP contribution in [-0.4, -0.2) is 49.3 Å². The maximum Gasteiger partial charge on any atom is 0.409 e. The molecule has 1 saturated carbocycles. The summed E-state index contributed by atoms with van der Waals surface area (Å²) < 4.78 is 5.12. The Morgan fingerprint density at radius 3 is 2.74 bits per heavy atom. The topological polar surface area (TPSA) is 70.7 Å². The Morgan fingerprint density at radius 2 is 2.11 bits per heavy atom. The predicted molar refractivity (Wildman–Crippen MR) is 70.9 cm³/mol. The number of hydrogen-bond acceptors (Lipinski definition) is 3. The van der Waals surface area contributed by atoms with Crippen molar-refractivity contribution in [2.24, 2.45) is 0 Å². The second-order valence-electron chi connectivity index (χ2n) is 5.41. The molecule has 0 bridgehead atoms. The maximum atomic E-state index is 11.7. The third-order valence-corrected chi connectivity index (χ3v) is 3.75. The van der Waals surface area contributed by atoms with Crippen LogP contribution >= 0.6 is 0 Å². The summed E-state index contributed by atoms with van der Waals surface area (Å²) in [6.45, 7) is 1.13. The van der Waals surface area contributed by atoms with Gasteiger partial charge in [0.15, 0.2) is 0 Å². The van der Waals surface area contributed by atoms with Crippen molar-refractivity contribution >= 4 is 12.1 Å². The molecule has 2 N–H and O–H groups in total. The number of carbonyl (C=O) groups excluding carboxylic acids is 2. The van der Waals surface area contributed by atoms with E-state index >= 15 is 0 Å². The number of carbonyl (C=O) groups is 2. The Labute approximate surface area is 113 Å². The summed E-state index contributed by atoms with van der Waals surface area (Å²) in [7, 11) is 1.71. The van der Waals surface area contributed by atoms with Gasteiger partial charge in [0, 0.05) is 26.1 Å². The zero-order valence-corrected chi connectivity index (χ0v) is 11.5. The van der Waals surface area contributed by atoms with Crippen molar-refractivity contribution < 1.29 is 14.3 Å². The molecular formula is C13H23N3O3.